The van der Waals surface area contributed by atoms with E-state index in [9.17, 15) is 19.8 Å². The quantitative estimate of drug-likeness (QED) is 0.224. The molecule has 118 valence electrons. The van der Waals surface area contributed by atoms with Crippen molar-refractivity contribution in [1.29, 1.82) is 0 Å². The summed E-state index contributed by atoms with van der Waals surface area (Å²) in [6, 6.07) is 0. The number of carbonyl (C=O) groups is 2. The first-order chi connectivity index (χ1) is 9.46. The van der Waals surface area contributed by atoms with Gasteiger partial charge in [0.15, 0.2) is 0 Å². The molecule has 0 saturated heterocycles. The average Bonchev–Trinajstić information content (AvgIpc) is 2.46. The standard InChI is InChI=1S/C12H24N2O6/c13-5-8(6-15)1-2-11(19)14-4-3-9(17)12(20)10(18)7-16/h6,8-10,12,16-18,20H,1-5,7,13H2,(H,14,19)/t8?,9-,10-,12+/m1/s1. The zero-order valence-electron chi connectivity index (χ0n) is 11.3. The molecule has 4 atom stereocenters. The predicted octanol–water partition coefficient (Wildman–Crippen LogP) is -2.88. The van der Waals surface area contributed by atoms with Gasteiger partial charge in [0.1, 0.15) is 18.5 Å². The van der Waals surface area contributed by atoms with Crippen LogP contribution < -0.4 is 11.1 Å². The number of rotatable bonds is 11. The minimum atomic E-state index is -1.46. The van der Waals surface area contributed by atoms with E-state index in [-0.39, 0.29) is 37.8 Å². The maximum absolute atomic E-state index is 11.4. The van der Waals surface area contributed by atoms with Gasteiger partial charge >= 0.3 is 0 Å². The molecule has 0 saturated carbocycles. The summed E-state index contributed by atoms with van der Waals surface area (Å²) < 4.78 is 0. The number of aliphatic hydroxyl groups excluding tert-OH is 4. The second kappa shape index (κ2) is 10.7. The first-order valence-electron chi connectivity index (χ1n) is 6.53. The normalized spacial score (nSPS) is 17.1. The summed E-state index contributed by atoms with van der Waals surface area (Å²) in [4.78, 5) is 21.9. The van der Waals surface area contributed by atoms with E-state index in [0.29, 0.717) is 12.7 Å². The summed E-state index contributed by atoms with van der Waals surface area (Å²) in [5.41, 5.74) is 5.32. The van der Waals surface area contributed by atoms with Gasteiger partial charge < -0.3 is 36.3 Å². The third-order valence-electron chi connectivity index (χ3n) is 2.98. The van der Waals surface area contributed by atoms with E-state index in [1.807, 2.05) is 0 Å². The summed E-state index contributed by atoms with van der Waals surface area (Å²) in [7, 11) is 0. The van der Waals surface area contributed by atoms with Crippen molar-refractivity contribution in [3.8, 4) is 0 Å². The Kier molecular flexibility index (Phi) is 10.1. The number of hydrogen-bond acceptors (Lipinski definition) is 7. The van der Waals surface area contributed by atoms with Gasteiger partial charge in [-0.15, -0.1) is 0 Å². The molecule has 8 nitrogen and oxygen atoms in total. The smallest absolute Gasteiger partial charge is 0.220 e. The Bertz CT molecular complexity index is 289. The zero-order valence-corrected chi connectivity index (χ0v) is 11.3. The molecule has 0 aromatic carbocycles. The van der Waals surface area contributed by atoms with Crippen LogP contribution in [0.2, 0.25) is 0 Å². The first-order valence-corrected chi connectivity index (χ1v) is 6.53. The maximum atomic E-state index is 11.4. The van der Waals surface area contributed by atoms with Gasteiger partial charge in [0.25, 0.3) is 0 Å². The van der Waals surface area contributed by atoms with Crippen LogP contribution in [0.25, 0.3) is 0 Å². The molecular weight excluding hydrogens is 268 g/mol. The molecule has 0 spiro atoms. The van der Waals surface area contributed by atoms with Gasteiger partial charge in [-0.3, -0.25) is 4.79 Å². The summed E-state index contributed by atoms with van der Waals surface area (Å²) in [6.07, 6.45) is -2.86. The Morgan fingerprint density at radius 3 is 2.35 bits per heavy atom. The minimum Gasteiger partial charge on any atom is -0.394 e. The molecule has 1 unspecified atom stereocenters. The van der Waals surface area contributed by atoms with Crippen LogP contribution in [0.1, 0.15) is 19.3 Å². The highest BCUT2D eigenvalue weighted by molar-refractivity contribution is 5.76. The van der Waals surface area contributed by atoms with Crippen LogP contribution in [0.5, 0.6) is 0 Å². The highest BCUT2D eigenvalue weighted by Crippen LogP contribution is 2.04. The van der Waals surface area contributed by atoms with Crippen LogP contribution in [-0.2, 0) is 9.59 Å². The van der Waals surface area contributed by atoms with Crippen LogP contribution in [0, 0.1) is 5.92 Å². The highest BCUT2D eigenvalue weighted by Gasteiger charge is 2.23. The van der Waals surface area contributed by atoms with Gasteiger partial charge in [0.05, 0.1) is 12.7 Å². The Morgan fingerprint density at radius 2 is 1.85 bits per heavy atom. The van der Waals surface area contributed by atoms with Gasteiger partial charge in [-0.1, -0.05) is 0 Å². The molecule has 0 rings (SSSR count). The highest BCUT2D eigenvalue weighted by atomic mass is 16.4. The maximum Gasteiger partial charge on any atom is 0.220 e. The van der Waals surface area contributed by atoms with Crippen molar-refractivity contribution in [3.63, 3.8) is 0 Å². The van der Waals surface area contributed by atoms with Crippen LogP contribution >= 0.6 is 0 Å². The molecule has 0 fully saturated rings. The fourth-order valence-corrected chi connectivity index (χ4v) is 1.54. The average molecular weight is 292 g/mol. The molecule has 0 radical (unpaired) electrons. The molecule has 0 aliphatic heterocycles. The number of aliphatic hydroxyl groups is 4. The summed E-state index contributed by atoms with van der Waals surface area (Å²) in [5, 5.41) is 39.1. The van der Waals surface area contributed by atoms with Crippen molar-refractivity contribution < 1.29 is 30.0 Å². The van der Waals surface area contributed by atoms with E-state index in [4.69, 9.17) is 15.9 Å². The molecule has 0 heterocycles. The fourth-order valence-electron chi connectivity index (χ4n) is 1.54. The largest absolute Gasteiger partial charge is 0.394 e. The number of nitrogens with two attached hydrogens (primary N) is 1. The topological polar surface area (TPSA) is 153 Å². The van der Waals surface area contributed by atoms with Crippen molar-refractivity contribution in [2.24, 2.45) is 11.7 Å². The molecule has 0 aromatic heterocycles. The van der Waals surface area contributed by atoms with Gasteiger partial charge in [-0.05, 0) is 12.8 Å². The van der Waals surface area contributed by atoms with Gasteiger partial charge in [-0.25, -0.2) is 0 Å². The minimum absolute atomic E-state index is 0.0396. The molecular formula is C12H24N2O6. The Balaban J connectivity index is 3.83. The second-order valence-corrected chi connectivity index (χ2v) is 4.62. The monoisotopic (exact) mass is 292 g/mol. The molecule has 1 amide bonds. The molecule has 20 heavy (non-hydrogen) atoms. The van der Waals surface area contributed by atoms with E-state index >= 15 is 0 Å². The van der Waals surface area contributed by atoms with Gasteiger partial charge in [0, 0.05) is 25.4 Å². The lowest BCUT2D eigenvalue weighted by Crippen LogP contribution is -2.41. The van der Waals surface area contributed by atoms with Crippen LogP contribution in [-0.4, -0.2) is 70.6 Å². The predicted molar refractivity (Wildman–Crippen MR) is 70.6 cm³/mol. The van der Waals surface area contributed by atoms with Crippen molar-refractivity contribution in [2.75, 3.05) is 19.7 Å². The Hall–Kier alpha value is -1.06. The van der Waals surface area contributed by atoms with E-state index in [0.717, 1.165) is 0 Å². The van der Waals surface area contributed by atoms with Crippen molar-refractivity contribution in [3.05, 3.63) is 0 Å². The van der Waals surface area contributed by atoms with Crippen LogP contribution in [0.15, 0.2) is 0 Å². The SMILES string of the molecule is NCC(C=O)CCC(=O)NCC[C@@H](O)[C@H](O)[C@H](O)CO. The Morgan fingerprint density at radius 1 is 1.20 bits per heavy atom. The molecule has 0 aliphatic rings. The number of carbonyl (C=O) groups excluding carboxylic acids is 2. The number of nitrogens with one attached hydrogen (secondary N) is 1. The van der Waals surface area contributed by atoms with Crippen molar-refractivity contribution in [2.45, 2.75) is 37.6 Å². The molecule has 8 heteroatoms. The van der Waals surface area contributed by atoms with Gasteiger partial charge in [0.2, 0.25) is 5.91 Å². The fraction of sp³-hybridized carbons (Fsp3) is 0.833. The lowest BCUT2D eigenvalue weighted by Gasteiger charge is -2.21. The van der Waals surface area contributed by atoms with E-state index in [2.05, 4.69) is 5.32 Å². The van der Waals surface area contributed by atoms with E-state index in [1.165, 1.54) is 0 Å². The van der Waals surface area contributed by atoms with Gasteiger partial charge in [-0.2, -0.15) is 0 Å². The van der Waals surface area contributed by atoms with Crippen molar-refractivity contribution >= 4 is 12.2 Å². The van der Waals surface area contributed by atoms with Crippen LogP contribution in [0.3, 0.4) is 0 Å². The summed E-state index contributed by atoms with van der Waals surface area (Å²) in [6.45, 7) is -0.346. The molecule has 0 aliphatic carbocycles. The lowest BCUT2D eigenvalue weighted by molar-refractivity contribution is -0.121. The number of hydrogen-bond donors (Lipinski definition) is 6. The molecule has 0 bridgehead atoms. The van der Waals surface area contributed by atoms with Crippen molar-refractivity contribution in [1.82, 2.24) is 5.32 Å². The summed E-state index contributed by atoms with van der Waals surface area (Å²) >= 11 is 0. The molecule has 0 aromatic rings. The third kappa shape index (κ3) is 7.51. The van der Waals surface area contributed by atoms with E-state index in [1.54, 1.807) is 0 Å². The zero-order chi connectivity index (χ0) is 15.5. The lowest BCUT2D eigenvalue weighted by atomic mass is 10.0. The number of amides is 1. The van der Waals surface area contributed by atoms with Crippen LogP contribution in [0.4, 0.5) is 0 Å². The Labute approximate surface area is 117 Å². The van der Waals surface area contributed by atoms with E-state index < -0.39 is 24.9 Å². The third-order valence-corrected chi connectivity index (χ3v) is 2.98. The number of aldehydes is 1. The summed E-state index contributed by atoms with van der Waals surface area (Å²) in [5.74, 6) is -0.623. The second-order valence-electron chi connectivity index (χ2n) is 4.62. The first kappa shape index (κ1) is 18.9. The molecule has 7 N–H and O–H groups in total.